The minimum atomic E-state index is 0. The minimum absolute atomic E-state index is 0. The van der Waals surface area contributed by atoms with Crippen LogP contribution in [0.3, 0.4) is 0 Å². The van der Waals surface area contributed by atoms with Crippen LogP contribution in [0.1, 0.15) is 32.4 Å². The van der Waals surface area contributed by atoms with Gasteiger partial charge in [0, 0.05) is 26.1 Å². The van der Waals surface area contributed by atoms with E-state index in [1.54, 1.807) is 6.26 Å². The van der Waals surface area contributed by atoms with Crippen LogP contribution >= 0.6 is 24.0 Å². The van der Waals surface area contributed by atoms with Gasteiger partial charge in [-0.05, 0) is 50.9 Å². The highest BCUT2D eigenvalue weighted by atomic mass is 127. The number of furan rings is 1. The molecule has 1 aliphatic rings. The third-order valence-corrected chi connectivity index (χ3v) is 4.15. The Kier molecular flexibility index (Phi) is 10.3. The van der Waals surface area contributed by atoms with Crippen LogP contribution < -0.4 is 10.6 Å². The van der Waals surface area contributed by atoms with Crippen LogP contribution in [0.2, 0.25) is 0 Å². The number of hydrogen-bond donors (Lipinski definition) is 2. The summed E-state index contributed by atoms with van der Waals surface area (Å²) in [6.07, 6.45) is 5.24. The predicted octanol–water partition coefficient (Wildman–Crippen LogP) is 2.73. The van der Waals surface area contributed by atoms with Gasteiger partial charge in [-0.1, -0.05) is 6.92 Å². The molecule has 23 heavy (non-hydrogen) atoms. The molecular weight excluding hydrogens is 403 g/mol. The molecule has 2 heterocycles. The normalized spacial score (nSPS) is 16.9. The van der Waals surface area contributed by atoms with Crippen molar-refractivity contribution in [3.63, 3.8) is 0 Å². The Labute approximate surface area is 157 Å². The smallest absolute Gasteiger partial charge is 0.191 e. The zero-order chi connectivity index (χ0) is 15.6. The number of guanidine groups is 1. The van der Waals surface area contributed by atoms with Gasteiger partial charge in [0.05, 0.1) is 12.8 Å². The molecule has 132 valence electrons. The molecule has 0 aromatic carbocycles. The van der Waals surface area contributed by atoms with Gasteiger partial charge in [-0.15, -0.1) is 24.0 Å². The third-order valence-electron chi connectivity index (χ3n) is 4.15. The van der Waals surface area contributed by atoms with Crippen LogP contribution in [0.4, 0.5) is 0 Å². The van der Waals surface area contributed by atoms with Gasteiger partial charge < -0.3 is 20.0 Å². The molecule has 0 aliphatic carbocycles. The Morgan fingerprint density at radius 3 is 2.78 bits per heavy atom. The number of rotatable bonds is 7. The van der Waals surface area contributed by atoms with E-state index in [9.17, 15) is 0 Å². The highest BCUT2D eigenvalue weighted by Crippen LogP contribution is 2.15. The molecule has 1 fully saturated rings. The molecule has 1 aliphatic heterocycles. The summed E-state index contributed by atoms with van der Waals surface area (Å²) < 4.78 is 5.34. The molecule has 1 aromatic rings. The monoisotopic (exact) mass is 434 g/mol. The van der Waals surface area contributed by atoms with Gasteiger partial charge in [0.15, 0.2) is 5.96 Å². The molecule has 0 unspecified atom stereocenters. The van der Waals surface area contributed by atoms with Crippen LogP contribution in [0, 0.1) is 5.92 Å². The van der Waals surface area contributed by atoms with Crippen molar-refractivity contribution >= 4 is 29.9 Å². The average molecular weight is 434 g/mol. The van der Waals surface area contributed by atoms with Crippen molar-refractivity contribution in [1.82, 2.24) is 15.5 Å². The first-order chi connectivity index (χ1) is 10.8. The zero-order valence-corrected chi connectivity index (χ0v) is 16.7. The molecule has 0 radical (unpaired) electrons. The van der Waals surface area contributed by atoms with Crippen LogP contribution in [0.15, 0.2) is 27.8 Å². The van der Waals surface area contributed by atoms with Crippen LogP contribution in [-0.2, 0) is 6.42 Å². The van der Waals surface area contributed by atoms with E-state index in [0.29, 0.717) is 0 Å². The van der Waals surface area contributed by atoms with Gasteiger partial charge in [0.25, 0.3) is 0 Å². The molecular formula is C17H31IN4O. The average Bonchev–Trinajstić information content (AvgIpc) is 3.02. The second-order valence-electron chi connectivity index (χ2n) is 6.04. The predicted molar refractivity (Wildman–Crippen MR) is 107 cm³/mol. The van der Waals surface area contributed by atoms with E-state index in [0.717, 1.165) is 50.2 Å². The Hall–Kier alpha value is -0.760. The maximum atomic E-state index is 5.34. The lowest BCUT2D eigenvalue weighted by molar-refractivity contribution is 0.197. The molecule has 6 heteroatoms. The van der Waals surface area contributed by atoms with Gasteiger partial charge >= 0.3 is 0 Å². The minimum Gasteiger partial charge on any atom is -0.469 e. The van der Waals surface area contributed by atoms with Crippen molar-refractivity contribution in [2.75, 3.05) is 39.3 Å². The number of hydrogen-bond acceptors (Lipinski definition) is 3. The lowest BCUT2D eigenvalue weighted by Crippen LogP contribution is -2.39. The molecule has 1 saturated heterocycles. The molecule has 2 rings (SSSR count). The molecule has 0 atom stereocenters. The summed E-state index contributed by atoms with van der Waals surface area (Å²) in [7, 11) is 0. The lowest BCUT2D eigenvalue weighted by Gasteiger charge is -2.29. The third kappa shape index (κ3) is 8.06. The summed E-state index contributed by atoms with van der Waals surface area (Å²) >= 11 is 0. The van der Waals surface area contributed by atoms with E-state index in [-0.39, 0.29) is 24.0 Å². The summed E-state index contributed by atoms with van der Waals surface area (Å²) in [5, 5.41) is 6.66. The van der Waals surface area contributed by atoms with Gasteiger partial charge in [-0.2, -0.15) is 0 Å². The largest absolute Gasteiger partial charge is 0.469 e. The summed E-state index contributed by atoms with van der Waals surface area (Å²) in [6.45, 7) is 10.5. The van der Waals surface area contributed by atoms with E-state index in [2.05, 4.69) is 34.4 Å². The molecule has 0 saturated carbocycles. The summed E-state index contributed by atoms with van der Waals surface area (Å²) in [5.41, 5.74) is 0. The summed E-state index contributed by atoms with van der Waals surface area (Å²) in [5.74, 6) is 2.80. The first kappa shape index (κ1) is 20.3. The topological polar surface area (TPSA) is 52.8 Å². The maximum Gasteiger partial charge on any atom is 0.191 e. The van der Waals surface area contributed by atoms with E-state index in [1.807, 2.05) is 12.1 Å². The van der Waals surface area contributed by atoms with Crippen molar-refractivity contribution in [3.05, 3.63) is 24.2 Å². The Bertz CT molecular complexity index is 428. The quantitative estimate of drug-likeness (QED) is 0.394. The fourth-order valence-electron chi connectivity index (χ4n) is 2.69. The molecule has 0 bridgehead atoms. The molecule has 0 amide bonds. The summed E-state index contributed by atoms with van der Waals surface area (Å²) in [4.78, 5) is 7.19. The number of aliphatic imine (C=N–C) groups is 1. The Morgan fingerprint density at radius 1 is 1.35 bits per heavy atom. The number of nitrogens with one attached hydrogen (secondary N) is 2. The lowest BCUT2D eigenvalue weighted by atomic mass is 9.99. The van der Waals surface area contributed by atoms with E-state index >= 15 is 0 Å². The van der Waals surface area contributed by atoms with Gasteiger partial charge in [-0.3, -0.25) is 4.99 Å². The van der Waals surface area contributed by atoms with Crippen LogP contribution in [-0.4, -0.2) is 50.1 Å². The second-order valence-corrected chi connectivity index (χ2v) is 6.04. The number of likely N-dealkylation sites (tertiary alicyclic amines) is 1. The number of nitrogens with zero attached hydrogens (tertiary/aromatic N) is 2. The van der Waals surface area contributed by atoms with Gasteiger partial charge in [-0.25, -0.2) is 0 Å². The first-order valence-electron chi connectivity index (χ1n) is 8.55. The molecule has 2 N–H and O–H groups in total. The second kappa shape index (κ2) is 11.7. The van der Waals surface area contributed by atoms with Crippen LogP contribution in [0.5, 0.6) is 0 Å². The van der Waals surface area contributed by atoms with E-state index in [4.69, 9.17) is 4.42 Å². The molecule has 5 nitrogen and oxygen atoms in total. The number of halogens is 1. The van der Waals surface area contributed by atoms with E-state index < -0.39 is 0 Å². The zero-order valence-electron chi connectivity index (χ0n) is 14.4. The van der Waals surface area contributed by atoms with Crippen molar-refractivity contribution in [2.24, 2.45) is 10.9 Å². The van der Waals surface area contributed by atoms with Gasteiger partial charge in [0.2, 0.25) is 0 Å². The van der Waals surface area contributed by atoms with E-state index in [1.165, 1.54) is 25.9 Å². The molecule has 0 spiro atoms. The van der Waals surface area contributed by atoms with Crippen molar-refractivity contribution in [2.45, 2.75) is 33.1 Å². The van der Waals surface area contributed by atoms with Crippen molar-refractivity contribution < 1.29 is 4.42 Å². The molecule has 1 aromatic heterocycles. The Balaban J connectivity index is 0.00000264. The fourth-order valence-corrected chi connectivity index (χ4v) is 2.69. The Morgan fingerprint density at radius 2 is 2.13 bits per heavy atom. The number of piperidine rings is 1. The highest BCUT2D eigenvalue weighted by molar-refractivity contribution is 14.0. The standard InChI is InChI=1S/C17H30N4O.HI/c1-3-18-17(19-9-6-16-5-4-14-22-16)20-10-13-21-11-7-15(2)8-12-21;/h4-5,14-15H,3,6-13H2,1-2H3,(H2,18,19,20);1H. The fraction of sp³-hybridized carbons (Fsp3) is 0.706. The van der Waals surface area contributed by atoms with Gasteiger partial charge in [0.1, 0.15) is 5.76 Å². The summed E-state index contributed by atoms with van der Waals surface area (Å²) in [6, 6.07) is 3.93. The maximum absolute atomic E-state index is 5.34. The first-order valence-corrected chi connectivity index (χ1v) is 8.55. The van der Waals surface area contributed by atoms with Crippen molar-refractivity contribution in [1.29, 1.82) is 0 Å². The van der Waals surface area contributed by atoms with Crippen LogP contribution in [0.25, 0.3) is 0 Å². The SMILES string of the molecule is CCNC(=NCCN1CCC(C)CC1)NCCc1ccco1.I. The van der Waals surface area contributed by atoms with Crippen molar-refractivity contribution in [3.8, 4) is 0 Å². The highest BCUT2D eigenvalue weighted by Gasteiger charge is 2.14.